The maximum atomic E-state index is 14.3. The molecule has 1 aliphatic carbocycles. The van der Waals surface area contributed by atoms with Crippen molar-refractivity contribution in [2.75, 3.05) is 23.4 Å². The van der Waals surface area contributed by atoms with Gasteiger partial charge in [0, 0.05) is 19.2 Å². The number of hydrogen-bond acceptors (Lipinski definition) is 4. The van der Waals surface area contributed by atoms with E-state index in [0.717, 1.165) is 25.3 Å². The van der Waals surface area contributed by atoms with Crippen molar-refractivity contribution in [1.82, 2.24) is 0 Å². The van der Waals surface area contributed by atoms with Crippen LogP contribution >= 0.6 is 0 Å². The topological polar surface area (TPSA) is 69.6 Å². The van der Waals surface area contributed by atoms with E-state index in [1.54, 1.807) is 0 Å². The number of halogens is 1. The fourth-order valence-corrected chi connectivity index (χ4v) is 2.81. The van der Waals surface area contributed by atoms with Crippen LogP contribution in [0, 0.1) is 5.82 Å². The van der Waals surface area contributed by atoms with E-state index in [9.17, 15) is 14.0 Å². The fourth-order valence-electron chi connectivity index (χ4n) is 2.81. The normalized spacial score (nSPS) is 17.4. The Hall–Kier alpha value is -1.95. The van der Waals surface area contributed by atoms with Crippen molar-refractivity contribution in [1.29, 1.82) is 0 Å². The number of benzene rings is 1. The third-order valence-electron chi connectivity index (χ3n) is 4.17. The van der Waals surface area contributed by atoms with Gasteiger partial charge in [0.15, 0.2) is 0 Å². The molecular formula is C15H17FN2O3. The van der Waals surface area contributed by atoms with Gasteiger partial charge in [-0.1, -0.05) is 0 Å². The van der Waals surface area contributed by atoms with E-state index in [2.05, 4.69) is 5.32 Å². The van der Waals surface area contributed by atoms with Gasteiger partial charge in [-0.3, -0.25) is 9.59 Å². The van der Waals surface area contributed by atoms with Crippen LogP contribution in [0.25, 0.3) is 0 Å². The van der Waals surface area contributed by atoms with Crippen LogP contribution in [0.3, 0.4) is 0 Å². The molecule has 112 valence electrons. The van der Waals surface area contributed by atoms with Crippen molar-refractivity contribution in [2.24, 2.45) is 0 Å². The fraction of sp³-hybridized carbons (Fsp3) is 0.467. The Morgan fingerprint density at radius 2 is 2.10 bits per heavy atom. The van der Waals surface area contributed by atoms with E-state index in [-0.39, 0.29) is 18.2 Å². The van der Waals surface area contributed by atoms with Crippen molar-refractivity contribution in [3.05, 3.63) is 23.5 Å². The molecule has 0 spiro atoms. The lowest BCUT2D eigenvalue weighted by atomic mass is 9.90. The number of nitrogens with zero attached hydrogens (tertiary/aromatic N) is 1. The Morgan fingerprint density at radius 1 is 1.33 bits per heavy atom. The van der Waals surface area contributed by atoms with Crippen molar-refractivity contribution < 1.29 is 19.1 Å². The van der Waals surface area contributed by atoms with Gasteiger partial charge in [-0.05, 0) is 37.8 Å². The number of fused-ring (bicyclic) bond motifs is 1. The molecule has 1 aromatic carbocycles. The van der Waals surface area contributed by atoms with E-state index in [1.165, 1.54) is 6.07 Å². The van der Waals surface area contributed by atoms with Gasteiger partial charge >= 0.3 is 0 Å². The number of ketones is 1. The number of carbonyl (C=O) groups is 2. The Kier molecular flexibility index (Phi) is 3.63. The van der Waals surface area contributed by atoms with Gasteiger partial charge in [-0.15, -0.1) is 0 Å². The molecule has 2 N–H and O–H groups in total. The highest BCUT2D eigenvalue weighted by molar-refractivity contribution is 6.51. The van der Waals surface area contributed by atoms with Crippen LogP contribution < -0.4 is 10.2 Å². The molecular weight excluding hydrogens is 275 g/mol. The monoisotopic (exact) mass is 292 g/mol. The summed E-state index contributed by atoms with van der Waals surface area (Å²) in [5, 5.41) is 11.5. The van der Waals surface area contributed by atoms with Crippen LogP contribution in [0.4, 0.5) is 15.8 Å². The van der Waals surface area contributed by atoms with E-state index >= 15 is 0 Å². The zero-order valence-corrected chi connectivity index (χ0v) is 11.6. The first-order valence-electron chi connectivity index (χ1n) is 7.18. The molecule has 1 heterocycles. The van der Waals surface area contributed by atoms with E-state index < -0.39 is 17.5 Å². The average Bonchev–Trinajstić information content (AvgIpc) is 2.67. The first-order chi connectivity index (χ1) is 10.1. The molecule has 0 unspecified atom stereocenters. The highest BCUT2D eigenvalue weighted by Gasteiger charge is 2.32. The molecule has 0 saturated heterocycles. The lowest BCUT2D eigenvalue weighted by Gasteiger charge is -2.39. The maximum Gasteiger partial charge on any atom is 0.296 e. The Morgan fingerprint density at radius 3 is 2.71 bits per heavy atom. The first-order valence-corrected chi connectivity index (χ1v) is 7.18. The Labute approximate surface area is 121 Å². The predicted octanol–water partition coefficient (Wildman–Crippen LogP) is 1.70. The number of hydrogen-bond donors (Lipinski definition) is 2. The minimum Gasteiger partial charge on any atom is -0.396 e. The summed E-state index contributed by atoms with van der Waals surface area (Å²) in [6.07, 6.45) is 3.65. The van der Waals surface area contributed by atoms with Gasteiger partial charge in [-0.2, -0.15) is 0 Å². The molecule has 2 aliphatic rings. The molecule has 1 saturated carbocycles. The lowest BCUT2D eigenvalue weighted by molar-refractivity contribution is -0.112. The first kappa shape index (κ1) is 14.0. The van der Waals surface area contributed by atoms with Crippen molar-refractivity contribution >= 4 is 23.1 Å². The number of carbonyl (C=O) groups excluding carboxylic acids is 2. The standard InChI is InChI=1S/C15H17FN2O3/c16-11-7-10-12(17-15(21)14(10)20)8-13(11)18(5-2-6-19)9-3-1-4-9/h7-9,19H,1-6H2,(H,17,20,21). The van der Waals surface area contributed by atoms with Crippen molar-refractivity contribution in [3.63, 3.8) is 0 Å². The second-order valence-corrected chi connectivity index (χ2v) is 5.49. The van der Waals surface area contributed by atoms with Crippen LogP contribution in [-0.4, -0.2) is 36.0 Å². The quantitative estimate of drug-likeness (QED) is 0.811. The summed E-state index contributed by atoms with van der Waals surface area (Å²) in [7, 11) is 0. The predicted molar refractivity (Wildman–Crippen MR) is 76.0 cm³/mol. The van der Waals surface area contributed by atoms with Gasteiger partial charge in [0.25, 0.3) is 11.7 Å². The molecule has 1 aromatic rings. The molecule has 0 aromatic heterocycles. The third kappa shape index (κ3) is 2.40. The Bertz CT molecular complexity index is 599. The van der Waals surface area contributed by atoms with Gasteiger partial charge in [-0.25, -0.2) is 4.39 Å². The zero-order chi connectivity index (χ0) is 15.0. The summed E-state index contributed by atoms with van der Waals surface area (Å²) in [6.45, 7) is 0.601. The smallest absolute Gasteiger partial charge is 0.296 e. The molecule has 3 rings (SSSR count). The summed E-state index contributed by atoms with van der Waals surface area (Å²) in [4.78, 5) is 24.9. The zero-order valence-electron chi connectivity index (χ0n) is 11.6. The molecule has 0 bridgehead atoms. The molecule has 0 atom stereocenters. The molecule has 6 heteroatoms. The van der Waals surface area contributed by atoms with Gasteiger partial charge < -0.3 is 15.3 Å². The van der Waals surface area contributed by atoms with E-state index in [4.69, 9.17) is 5.11 Å². The third-order valence-corrected chi connectivity index (χ3v) is 4.17. The molecule has 1 amide bonds. The number of aliphatic hydroxyl groups excluding tert-OH is 1. The van der Waals surface area contributed by atoms with Crippen LogP contribution in [0.1, 0.15) is 36.0 Å². The average molecular weight is 292 g/mol. The maximum absolute atomic E-state index is 14.3. The highest BCUT2D eigenvalue weighted by atomic mass is 19.1. The second-order valence-electron chi connectivity index (χ2n) is 5.49. The lowest BCUT2D eigenvalue weighted by Crippen LogP contribution is -2.41. The number of Topliss-reactive ketones (excluding diaryl/α,β-unsaturated/α-hetero) is 1. The summed E-state index contributed by atoms with van der Waals surface area (Å²) < 4.78 is 14.3. The highest BCUT2D eigenvalue weighted by Crippen LogP contribution is 2.35. The van der Waals surface area contributed by atoms with Crippen molar-refractivity contribution in [3.8, 4) is 0 Å². The minimum absolute atomic E-state index is 0.0466. The van der Waals surface area contributed by atoms with Crippen LogP contribution in [0.2, 0.25) is 0 Å². The summed E-state index contributed by atoms with van der Waals surface area (Å²) in [5.41, 5.74) is 0.855. The molecule has 5 nitrogen and oxygen atoms in total. The molecule has 0 radical (unpaired) electrons. The minimum atomic E-state index is -0.716. The molecule has 1 aliphatic heterocycles. The van der Waals surface area contributed by atoms with Crippen molar-refractivity contribution in [2.45, 2.75) is 31.7 Å². The van der Waals surface area contributed by atoms with Crippen LogP contribution in [0.15, 0.2) is 12.1 Å². The molecule has 21 heavy (non-hydrogen) atoms. The summed E-state index contributed by atoms with van der Waals surface area (Å²) in [5.74, 6) is -1.91. The Balaban J connectivity index is 1.95. The van der Waals surface area contributed by atoms with Crippen LogP contribution in [-0.2, 0) is 4.79 Å². The molecule has 1 fully saturated rings. The number of aliphatic hydroxyl groups is 1. The van der Waals surface area contributed by atoms with Gasteiger partial charge in [0.2, 0.25) is 0 Å². The number of anilines is 2. The second kappa shape index (κ2) is 5.44. The SMILES string of the molecule is O=C1Nc2cc(N(CCCO)C3CCC3)c(F)cc2C1=O. The van der Waals surface area contributed by atoms with Crippen LogP contribution in [0.5, 0.6) is 0 Å². The van der Waals surface area contributed by atoms with E-state index in [0.29, 0.717) is 24.3 Å². The van der Waals surface area contributed by atoms with Gasteiger partial charge in [0.05, 0.1) is 16.9 Å². The number of amides is 1. The van der Waals surface area contributed by atoms with Gasteiger partial charge in [0.1, 0.15) is 5.82 Å². The largest absolute Gasteiger partial charge is 0.396 e. The summed E-state index contributed by atoms with van der Waals surface area (Å²) in [6, 6.07) is 2.93. The number of rotatable bonds is 5. The summed E-state index contributed by atoms with van der Waals surface area (Å²) >= 11 is 0. The van der Waals surface area contributed by atoms with E-state index in [1.807, 2.05) is 4.90 Å². The number of nitrogens with one attached hydrogen (secondary N) is 1.